The number of nitrogens with zero attached hydrogens (tertiary/aromatic N) is 1. The van der Waals surface area contributed by atoms with Gasteiger partial charge in [0.15, 0.2) is 0 Å². The summed E-state index contributed by atoms with van der Waals surface area (Å²) in [4.78, 5) is 2.65. The largest absolute Gasteiger partial charge is 0.316 e. The van der Waals surface area contributed by atoms with Crippen LogP contribution in [-0.2, 0) is 0 Å². The zero-order valence-corrected chi connectivity index (χ0v) is 11.9. The Morgan fingerprint density at radius 3 is 1.62 bits per heavy atom. The number of likely N-dealkylation sites (tertiary alicyclic amines) is 1. The summed E-state index contributed by atoms with van der Waals surface area (Å²) in [6.07, 6.45) is 4.36. The normalized spacial score (nSPS) is 16.1. The van der Waals surface area contributed by atoms with Crippen LogP contribution in [0.2, 0.25) is 11.6 Å². The van der Waals surface area contributed by atoms with Crippen molar-refractivity contribution in [3.8, 4) is 0 Å². The van der Waals surface area contributed by atoms with E-state index in [9.17, 15) is 0 Å². The predicted molar refractivity (Wildman–Crippen MR) is 74.2 cm³/mol. The SMILES string of the molecule is [CH3][Al]([CH3])[CH2]N1CCCCC1.c1ccccc1. The third-order valence-corrected chi connectivity index (χ3v) is 3.99. The second-order valence-electron chi connectivity index (χ2n) is 4.91. The minimum atomic E-state index is -0.318. The van der Waals surface area contributed by atoms with E-state index in [1.165, 1.54) is 37.8 Å². The van der Waals surface area contributed by atoms with Crippen LogP contribution in [0.4, 0.5) is 0 Å². The summed E-state index contributed by atoms with van der Waals surface area (Å²) >= 11 is -0.318. The molecule has 1 fully saturated rings. The molecule has 0 bridgehead atoms. The molecule has 1 heterocycles. The highest BCUT2D eigenvalue weighted by atomic mass is 27.2. The number of benzene rings is 1. The van der Waals surface area contributed by atoms with Gasteiger partial charge in [-0.3, -0.25) is 0 Å². The Balaban J connectivity index is 0.000000181. The van der Waals surface area contributed by atoms with Gasteiger partial charge in [-0.2, -0.15) is 0 Å². The van der Waals surface area contributed by atoms with Gasteiger partial charge in [0.2, 0.25) is 0 Å². The van der Waals surface area contributed by atoms with Gasteiger partial charge < -0.3 is 4.90 Å². The second kappa shape index (κ2) is 8.82. The molecule has 1 saturated heterocycles. The quantitative estimate of drug-likeness (QED) is 0.707. The zero-order valence-electron chi connectivity index (χ0n) is 10.7. The van der Waals surface area contributed by atoms with Crippen molar-refractivity contribution >= 4 is 14.1 Å². The van der Waals surface area contributed by atoms with Gasteiger partial charge in [0.25, 0.3) is 14.1 Å². The molecule has 0 radical (unpaired) electrons. The van der Waals surface area contributed by atoms with Crippen molar-refractivity contribution in [2.24, 2.45) is 0 Å². The van der Waals surface area contributed by atoms with E-state index in [4.69, 9.17) is 0 Å². The van der Waals surface area contributed by atoms with Crippen LogP contribution in [0.25, 0.3) is 0 Å². The number of rotatable bonds is 2. The molecule has 0 N–H and O–H groups in total. The van der Waals surface area contributed by atoms with Crippen LogP contribution in [0.3, 0.4) is 0 Å². The van der Waals surface area contributed by atoms with E-state index in [0.717, 1.165) is 0 Å². The minimum Gasteiger partial charge on any atom is -0.316 e. The molecule has 0 aliphatic carbocycles. The summed E-state index contributed by atoms with van der Waals surface area (Å²) in [5.41, 5.74) is 0. The Morgan fingerprint density at radius 2 is 1.25 bits per heavy atom. The molecule has 0 amide bonds. The Kier molecular flexibility index (Phi) is 7.59. The maximum Gasteiger partial charge on any atom is 0.275 e. The van der Waals surface area contributed by atoms with E-state index in [0.29, 0.717) is 0 Å². The second-order valence-corrected chi connectivity index (χ2v) is 8.06. The topological polar surface area (TPSA) is 3.24 Å². The molecule has 0 saturated carbocycles. The van der Waals surface area contributed by atoms with Crippen LogP contribution >= 0.6 is 0 Å². The molecule has 0 atom stereocenters. The van der Waals surface area contributed by atoms with E-state index >= 15 is 0 Å². The van der Waals surface area contributed by atoms with Gasteiger partial charge in [-0.05, 0) is 31.3 Å². The first-order valence-electron chi connectivity index (χ1n) is 6.51. The van der Waals surface area contributed by atoms with Crippen molar-refractivity contribution in [3.05, 3.63) is 36.4 Å². The molecule has 2 heteroatoms. The summed E-state index contributed by atoms with van der Waals surface area (Å²) in [5, 5.41) is 1.44. The number of hydrogen-bond acceptors (Lipinski definition) is 1. The first kappa shape index (κ1) is 13.8. The smallest absolute Gasteiger partial charge is 0.275 e. The standard InChI is InChI=1S/C6H12N.C6H6.2CH3.Al/c1-7-5-3-2-4-6-7;1-2-4-6-5-3-1;;;/h1-6H2;1-6H;2*1H3;. The van der Waals surface area contributed by atoms with E-state index < -0.39 is 0 Å². The average molecular weight is 233 g/mol. The fourth-order valence-corrected chi connectivity index (χ4v) is 3.44. The molecule has 0 spiro atoms. The average Bonchev–Trinajstić information content (AvgIpc) is 2.32. The molecule has 88 valence electrons. The molecule has 1 aliphatic rings. The highest BCUT2D eigenvalue weighted by molar-refractivity contribution is 6.55. The Hall–Kier alpha value is -0.288. The molecule has 1 aromatic carbocycles. The van der Waals surface area contributed by atoms with Crippen LogP contribution in [0.15, 0.2) is 36.4 Å². The fourth-order valence-electron chi connectivity index (χ4n) is 2.04. The molecule has 0 unspecified atom stereocenters. The minimum absolute atomic E-state index is 0.318. The van der Waals surface area contributed by atoms with Gasteiger partial charge in [-0.15, -0.1) is 11.6 Å². The van der Waals surface area contributed by atoms with Crippen molar-refractivity contribution < 1.29 is 0 Å². The molecular weight excluding hydrogens is 209 g/mol. The molecule has 16 heavy (non-hydrogen) atoms. The summed E-state index contributed by atoms with van der Waals surface area (Å²) in [5.74, 6) is 4.88. The van der Waals surface area contributed by atoms with Crippen LogP contribution < -0.4 is 0 Å². The molecular formula is C14H24AlN. The summed E-state index contributed by atoms with van der Waals surface area (Å²) < 4.78 is 0. The maximum absolute atomic E-state index is 2.65. The maximum atomic E-state index is 2.65. The van der Waals surface area contributed by atoms with Gasteiger partial charge >= 0.3 is 0 Å². The van der Waals surface area contributed by atoms with Gasteiger partial charge in [0, 0.05) is 0 Å². The molecule has 2 rings (SSSR count). The fraction of sp³-hybridized carbons (Fsp3) is 0.571. The third kappa shape index (κ3) is 7.06. The van der Waals surface area contributed by atoms with Crippen molar-refractivity contribution in [2.75, 3.05) is 18.5 Å². The summed E-state index contributed by atoms with van der Waals surface area (Å²) in [6.45, 7) is 2.76. The molecule has 0 aromatic heterocycles. The van der Waals surface area contributed by atoms with E-state index in [2.05, 4.69) is 16.5 Å². The van der Waals surface area contributed by atoms with E-state index in [-0.39, 0.29) is 14.1 Å². The Labute approximate surface area is 105 Å². The van der Waals surface area contributed by atoms with E-state index in [1.54, 1.807) is 0 Å². The lowest BCUT2D eigenvalue weighted by Gasteiger charge is -2.27. The molecule has 1 aromatic rings. The summed E-state index contributed by atoms with van der Waals surface area (Å²) in [6, 6.07) is 12.0. The van der Waals surface area contributed by atoms with Crippen LogP contribution in [0, 0.1) is 0 Å². The van der Waals surface area contributed by atoms with Crippen LogP contribution in [0.1, 0.15) is 19.3 Å². The first-order chi connectivity index (χ1) is 7.79. The predicted octanol–water partition coefficient (Wildman–Crippen LogP) is 3.45. The van der Waals surface area contributed by atoms with Gasteiger partial charge in [-0.1, -0.05) is 42.8 Å². The lowest BCUT2D eigenvalue weighted by molar-refractivity contribution is 0.261. The lowest BCUT2D eigenvalue weighted by atomic mass is 10.1. The summed E-state index contributed by atoms with van der Waals surface area (Å²) in [7, 11) is 0. The lowest BCUT2D eigenvalue weighted by Crippen LogP contribution is -2.35. The van der Waals surface area contributed by atoms with Gasteiger partial charge in [-0.25, -0.2) is 0 Å². The van der Waals surface area contributed by atoms with Crippen molar-refractivity contribution in [1.82, 2.24) is 4.90 Å². The van der Waals surface area contributed by atoms with Crippen molar-refractivity contribution in [1.29, 1.82) is 0 Å². The zero-order chi connectivity index (χ0) is 11.6. The van der Waals surface area contributed by atoms with Crippen molar-refractivity contribution in [2.45, 2.75) is 30.8 Å². The van der Waals surface area contributed by atoms with Crippen LogP contribution in [0.5, 0.6) is 0 Å². The number of hydrogen-bond donors (Lipinski definition) is 0. The highest BCUT2D eigenvalue weighted by Gasteiger charge is 2.12. The monoisotopic (exact) mass is 233 g/mol. The Bertz CT molecular complexity index is 215. The number of piperidine rings is 1. The third-order valence-electron chi connectivity index (χ3n) is 2.74. The van der Waals surface area contributed by atoms with Gasteiger partial charge in [0.1, 0.15) is 0 Å². The van der Waals surface area contributed by atoms with Crippen molar-refractivity contribution in [3.63, 3.8) is 0 Å². The first-order valence-corrected chi connectivity index (χ1v) is 9.64. The molecule has 1 nitrogen and oxygen atoms in total. The van der Waals surface area contributed by atoms with E-state index in [1.807, 2.05) is 36.4 Å². The highest BCUT2D eigenvalue weighted by Crippen LogP contribution is 2.08. The Morgan fingerprint density at radius 1 is 0.812 bits per heavy atom. The van der Waals surface area contributed by atoms with Gasteiger partial charge in [0.05, 0.1) is 0 Å². The van der Waals surface area contributed by atoms with Crippen LogP contribution in [-0.4, -0.2) is 37.5 Å². The molecule has 1 aliphatic heterocycles.